The molecule has 4 rings (SSSR count). The second-order valence-electron chi connectivity index (χ2n) is 5.41. The molecule has 1 aliphatic rings. The molecule has 116 valence electrons. The highest BCUT2D eigenvalue weighted by atomic mass is 19.1. The number of halogens is 2. The molecule has 0 aliphatic heterocycles. The highest BCUT2D eigenvalue weighted by Gasteiger charge is 2.29. The van der Waals surface area contributed by atoms with Gasteiger partial charge in [-0.25, -0.2) is 18.1 Å². The maximum atomic E-state index is 14.2. The Labute approximate surface area is 129 Å². The SMILES string of the molecule is O=c1nc(C2CC2)c(F)cn1-c1ncoc1-c1ccc(F)cc1. The fourth-order valence-electron chi connectivity index (χ4n) is 2.45. The summed E-state index contributed by atoms with van der Waals surface area (Å²) in [5.41, 5.74) is 0.112. The quantitative estimate of drug-likeness (QED) is 0.745. The molecule has 1 aromatic carbocycles. The molecular formula is C16H11F2N3O2. The van der Waals surface area contributed by atoms with Gasteiger partial charge in [0.2, 0.25) is 0 Å². The smallest absolute Gasteiger partial charge is 0.353 e. The molecule has 1 aliphatic carbocycles. The number of nitrogens with zero attached hydrogens (tertiary/aromatic N) is 3. The number of rotatable bonds is 3. The summed E-state index contributed by atoms with van der Waals surface area (Å²) in [5, 5.41) is 0. The van der Waals surface area contributed by atoms with Gasteiger partial charge < -0.3 is 4.42 Å². The van der Waals surface area contributed by atoms with Gasteiger partial charge in [-0.2, -0.15) is 9.97 Å². The van der Waals surface area contributed by atoms with Gasteiger partial charge in [0.05, 0.1) is 11.9 Å². The fourth-order valence-corrected chi connectivity index (χ4v) is 2.45. The minimum atomic E-state index is -0.620. The first kappa shape index (κ1) is 13.8. The molecule has 2 heterocycles. The van der Waals surface area contributed by atoms with E-state index in [1.165, 1.54) is 24.3 Å². The molecule has 1 saturated carbocycles. The monoisotopic (exact) mass is 315 g/mol. The van der Waals surface area contributed by atoms with Crippen LogP contribution < -0.4 is 5.69 Å². The van der Waals surface area contributed by atoms with Crippen LogP contribution in [0.2, 0.25) is 0 Å². The number of aromatic nitrogens is 3. The van der Waals surface area contributed by atoms with E-state index in [0.29, 0.717) is 5.56 Å². The van der Waals surface area contributed by atoms with Gasteiger partial charge in [-0.05, 0) is 37.1 Å². The molecule has 0 saturated heterocycles. The predicted molar refractivity (Wildman–Crippen MR) is 77.2 cm³/mol. The zero-order valence-corrected chi connectivity index (χ0v) is 11.9. The summed E-state index contributed by atoms with van der Waals surface area (Å²) >= 11 is 0. The van der Waals surface area contributed by atoms with E-state index in [9.17, 15) is 13.6 Å². The van der Waals surface area contributed by atoms with E-state index in [0.717, 1.165) is 30.0 Å². The van der Waals surface area contributed by atoms with Crippen molar-refractivity contribution in [1.82, 2.24) is 14.5 Å². The molecule has 0 amide bonds. The summed E-state index contributed by atoms with van der Waals surface area (Å²) in [6, 6.07) is 5.51. The maximum absolute atomic E-state index is 14.2. The molecule has 0 atom stereocenters. The van der Waals surface area contributed by atoms with Gasteiger partial charge in [-0.3, -0.25) is 0 Å². The summed E-state index contributed by atoms with van der Waals surface area (Å²) < 4.78 is 33.5. The lowest BCUT2D eigenvalue weighted by atomic mass is 10.1. The van der Waals surface area contributed by atoms with E-state index in [-0.39, 0.29) is 23.2 Å². The summed E-state index contributed by atoms with van der Waals surface area (Å²) in [7, 11) is 0. The second-order valence-corrected chi connectivity index (χ2v) is 5.41. The summed E-state index contributed by atoms with van der Waals surface area (Å²) in [4.78, 5) is 20.0. The van der Waals surface area contributed by atoms with E-state index in [1.807, 2.05) is 0 Å². The summed E-state index contributed by atoms with van der Waals surface area (Å²) in [6.45, 7) is 0. The van der Waals surface area contributed by atoms with Crippen molar-refractivity contribution in [3.8, 4) is 17.1 Å². The summed E-state index contributed by atoms with van der Waals surface area (Å²) in [5.74, 6) is -0.539. The van der Waals surface area contributed by atoms with Gasteiger partial charge in [-0.15, -0.1) is 0 Å². The van der Waals surface area contributed by atoms with Crippen molar-refractivity contribution >= 4 is 0 Å². The molecule has 7 heteroatoms. The Kier molecular flexibility index (Phi) is 3.07. The highest BCUT2D eigenvalue weighted by molar-refractivity contribution is 5.64. The molecule has 0 N–H and O–H groups in total. The number of oxazole rings is 1. The Morgan fingerprint density at radius 2 is 1.91 bits per heavy atom. The third-order valence-electron chi connectivity index (χ3n) is 3.76. The molecule has 5 nitrogen and oxygen atoms in total. The molecule has 2 aromatic heterocycles. The van der Waals surface area contributed by atoms with Crippen LogP contribution in [0.15, 0.2) is 46.1 Å². The Bertz CT molecular complexity index is 927. The minimum Gasteiger partial charge on any atom is -0.441 e. The zero-order chi connectivity index (χ0) is 16.0. The van der Waals surface area contributed by atoms with Crippen LogP contribution in [0.4, 0.5) is 8.78 Å². The number of hydrogen-bond acceptors (Lipinski definition) is 4. The van der Waals surface area contributed by atoms with Crippen molar-refractivity contribution < 1.29 is 13.2 Å². The Morgan fingerprint density at radius 1 is 1.17 bits per heavy atom. The number of benzene rings is 1. The standard InChI is InChI=1S/C16H11F2N3O2/c17-11-5-3-10(4-6-11)14-15(19-8-23-14)21-7-12(18)13(9-1-2-9)20-16(21)22/h3-9H,1-2H2. The zero-order valence-electron chi connectivity index (χ0n) is 11.9. The van der Waals surface area contributed by atoms with Crippen LogP contribution in [-0.4, -0.2) is 14.5 Å². The van der Waals surface area contributed by atoms with Crippen molar-refractivity contribution in [3.05, 3.63) is 64.7 Å². The topological polar surface area (TPSA) is 60.9 Å². The van der Waals surface area contributed by atoms with E-state index in [4.69, 9.17) is 4.42 Å². The summed E-state index contributed by atoms with van der Waals surface area (Å²) in [6.07, 6.45) is 3.91. The van der Waals surface area contributed by atoms with E-state index < -0.39 is 17.3 Å². The van der Waals surface area contributed by atoms with Crippen LogP contribution in [0.1, 0.15) is 24.5 Å². The average molecular weight is 315 g/mol. The van der Waals surface area contributed by atoms with Gasteiger partial charge in [0.1, 0.15) is 5.82 Å². The van der Waals surface area contributed by atoms with Crippen molar-refractivity contribution in [2.45, 2.75) is 18.8 Å². The third kappa shape index (κ3) is 2.44. The molecule has 0 bridgehead atoms. The third-order valence-corrected chi connectivity index (χ3v) is 3.76. The van der Waals surface area contributed by atoms with Crippen molar-refractivity contribution in [1.29, 1.82) is 0 Å². The van der Waals surface area contributed by atoms with Crippen molar-refractivity contribution in [3.63, 3.8) is 0 Å². The molecule has 23 heavy (non-hydrogen) atoms. The van der Waals surface area contributed by atoms with Crippen molar-refractivity contribution in [2.24, 2.45) is 0 Å². The number of hydrogen-bond donors (Lipinski definition) is 0. The first-order valence-corrected chi connectivity index (χ1v) is 7.12. The minimum absolute atomic E-state index is 0.0335. The van der Waals surface area contributed by atoms with Gasteiger partial charge in [0.25, 0.3) is 0 Å². The van der Waals surface area contributed by atoms with Gasteiger partial charge in [0.15, 0.2) is 23.8 Å². The van der Waals surface area contributed by atoms with E-state index >= 15 is 0 Å². The molecule has 0 spiro atoms. The predicted octanol–water partition coefficient (Wildman–Crippen LogP) is 3.04. The largest absolute Gasteiger partial charge is 0.441 e. The molecular weight excluding hydrogens is 304 g/mol. The molecule has 3 aromatic rings. The van der Waals surface area contributed by atoms with Crippen LogP contribution in [-0.2, 0) is 0 Å². The lowest BCUT2D eigenvalue weighted by molar-refractivity contribution is 0.567. The highest BCUT2D eigenvalue weighted by Crippen LogP contribution is 2.39. The van der Waals surface area contributed by atoms with E-state index in [2.05, 4.69) is 9.97 Å². The van der Waals surface area contributed by atoms with Crippen molar-refractivity contribution in [2.75, 3.05) is 0 Å². The van der Waals surface area contributed by atoms with Crippen LogP contribution in [0.5, 0.6) is 0 Å². The molecule has 1 fully saturated rings. The van der Waals surface area contributed by atoms with E-state index in [1.54, 1.807) is 0 Å². The normalized spacial score (nSPS) is 14.2. The lowest BCUT2D eigenvalue weighted by Crippen LogP contribution is -2.24. The molecule has 0 radical (unpaired) electrons. The van der Waals surface area contributed by atoms with Crippen LogP contribution >= 0.6 is 0 Å². The first-order chi connectivity index (χ1) is 11.1. The average Bonchev–Trinajstić information content (AvgIpc) is 3.27. The van der Waals surface area contributed by atoms with Gasteiger partial charge in [0, 0.05) is 11.5 Å². The molecule has 0 unspecified atom stereocenters. The van der Waals surface area contributed by atoms with Gasteiger partial charge in [-0.1, -0.05) is 0 Å². The van der Waals surface area contributed by atoms with Crippen LogP contribution in [0.25, 0.3) is 17.1 Å². The van der Waals surface area contributed by atoms with Gasteiger partial charge >= 0.3 is 5.69 Å². The second kappa shape index (κ2) is 5.12. The lowest BCUT2D eigenvalue weighted by Gasteiger charge is -2.06. The Morgan fingerprint density at radius 3 is 2.61 bits per heavy atom. The first-order valence-electron chi connectivity index (χ1n) is 7.12. The fraction of sp³-hybridized carbons (Fsp3) is 0.188. The Balaban J connectivity index is 1.83. The Hall–Kier alpha value is -2.83. The van der Waals surface area contributed by atoms with Crippen LogP contribution in [0.3, 0.4) is 0 Å². The maximum Gasteiger partial charge on any atom is 0.353 e. The van der Waals surface area contributed by atoms with Crippen LogP contribution in [0, 0.1) is 11.6 Å².